The highest BCUT2D eigenvalue weighted by Crippen LogP contribution is 2.22. The van der Waals surface area contributed by atoms with Crippen molar-refractivity contribution in [2.45, 2.75) is 0 Å². The lowest BCUT2D eigenvalue weighted by Crippen LogP contribution is -2.19. The molecule has 0 unspecified atom stereocenters. The SMILES string of the molecule is O=C(Nc1ccc2c(c1)C(=O)NC2=O)c1ccccc1Br. The first-order valence-electron chi connectivity index (χ1n) is 6.12. The Kier molecular flexibility index (Phi) is 3.31. The van der Waals surface area contributed by atoms with Gasteiger partial charge < -0.3 is 5.32 Å². The molecule has 5 nitrogen and oxygen atoms in total. The molecule has 0 fully saturated rings. The van der Waals surface area contributed by atoms with Crippen LogP contribution in [-0.2, 0) is 0 Å². The van der Waals surface area contributed by atoms with E-state index in [2.05, 4.69) is 26.6 Å². The number of carbonyl (C=O) groups is 3. The Morgan fingerprint density at radius 2 is 1.71 bits per heavy atom. The number of hydrogen-bond acceptors (Lipinski definition) is 3. The molecule has 104 valence electrons. The fraction of sp³-hybridized carbons (Fsp3) is 0. The number of anilines is 1. The fourth-order valence-corrected chi connectivity index (χ4v) is 2.55. The monoisotopic (exact) mass is 344 g/mol. The van der Waals surface area contributed by atoms with Crippen molar-refractivity contribution in [1.82, 2.24) is 5.32 Å². The first-order valence-corrected chi connectivity index (χ1v) is 6.91. The first-order chi connectivity index (χ1) is 10.1. The molecule has 0 atom stereocenters. The highest BCUT2D eigenvalue weighted by Gasteiger charge is 2.26. The third-order valence-electron chi connectivity index (χ3n) is 3.11. The van der Waals surface area contributed by atoms with Crippen molar-refractivity contribution in [2.24, 2.45) is 0 Å². The van der Waals surface area contributed by atoms with Gasteiger partial charge in [0.1, 0.15) is 0 Å². The van der Waals surface area contributed by atoms with E-state index in [1.54, 1.807) is 24.3 Å². The van der Waals surface area contributed by atoms with E-state index in [4.69, 9.17) is 0 Å². The Labute approximate surface area is 128 Å². The Morgan fingerprint density at radius 3 is 2.48 bits per heavy atom. The van der Waals surface area contributed by atoms with E-state index in [9.17, 15) is 14.4 Å². The third-order valence-corrected chi connectivity index (χ3v) is 3.80. The van der Waals surface area contributed by atoms with Crippen molar-refractivity contribution < 1.29 is 14.4 Å². The van der Waals surface area contributed by atoms with Crippen molar-refractivity contribution in [1.29, 1.82) is 0 Å². The number of carbonyl (C=O) groups excluding carboxylic acids is 3. The molecule has 0 aliphatic carbocycles. The normalized spacial score (nSPS) is 12.8. The summed E-state index contributed by atoms with van der Waals surface area (Å²) in [5, 5.41) is 4.91. The molecular weight excluding hydrogens is 336 g/mol. The molecular formula is C15H9BrN2O3. The van der Waals surface area contributed by atoms with Gasteiger partial charge in [0.15, 0.2) is 0 Å². The van der Waals surface area contributed by atoms with Crippen LogP contribution in [0.25, 0.3) is 0 Å². The summed E-state index contributed by atoms with van der Waals surface area (Å²) >= 11 is 3.31. The minimum absolute atomic E-state index is 0.268. The lowest BCUT2D eigenvalue weighted by Gasteiger charge is -2.07. The molecule has 1 aliphatic heterocycles. The molecule has 6 heteroatoms. The van der Waals surface area contributed by atoms with Gasteiger partial charge in [-0.3, -0.25) is 19.7 Å². The van der Waals surface area contributed by atoms with Crippen molar-refractivity contribution in [3.8, 4) is 0 Å². The van der Waals surface area contributed by atoms with Gasteiger partial charge in [-0.25, -0.2) is 0 Å². The van der Waals surface area contributed by atoms with E-state index >= 15 is 0 Å². The summed E-state index contributed by atoms with van der Waals surface area (Å²) in [4.78, 5) is 35.2. The Hall–Kier alpha value is -2.47. The molecule has 0 radical (unpaired) electrons. The molecule has 3 rings (SSSR count). The van der Waals surface area contributed by atoms with Crippen LogP contribution in [0.15, 0.2) is 46.9 Å². The van der Waals surface area contributed by atoms with Gasteiger partial charge in [-0.1, -0.05) is 12.1 Å². The van der Waals surface area contributed by atoms with E-state index in [0.29, 0.717) is 21.3 Å². The number of halogens is 1. The highest BCUT2D eigenvalue weighted by atomic mass is 79.9. The van der Waals surface area contributed by atoms with Crippen LogP contribution in [0.4, 0.5) is 5.69 Å². The largest absolute Gasteiger partial charge is 0.322 e. The maximum Gasteiger partial charge on any atom is 0.259 e. The molecule has 0 saturated heterocycles. The quantitative estimate of drug-likeness (QED) is 0.822. The summed E-state index contributed by atoms with van der Waals surface area (Å²) in [5.74, 6) is -1.17. The van der Waals surface area contributed by atoms with E-state index in [1.807, 2.05) is 6.07 Å². The molecule has 2 aromatic carbocycles. The lowest BCUT2D eigenvalue weighted by molar-refractivity contribution is 0.0878. The zero-order chi connectivity index (χ0) is 15.0. The summed E-state index contributed by atoms with van der Waals surface area (Å²) in [6.07, 6.45) is 0. The minimum Gasteiger partial charge on any atom is -0.322 e. The molecule has 1 heterocycles. The standard InChI is InChI=1S/C15H9BrN2O3/c16-12-4-2-1-3-10(12)14(20)17-8-5-6-9-11(7-8)15(21)18-13(9)19/h1-7H,(H,17,20)(H,18,19,21). The average Bonchev–Trinajstić information content (AvgIpc) is 2.74. The van der Waals surface area contributed by atoms with E-state index in [0.717, 1.165) is 0 Å². The predicted molar refractivity (Wildman–Crippen MR) is 80.3 cm³/mol. The van der Waals surface area contributed by atoms with E-state index < -0.39 is 11.8 Å². The Balaban J connectivity index is 1.88. The number of hydrogen-bond donors (Lipinski definition) is 2. The highest BCUT2D eigenvalue weighted by molar-refractivity contribution is 9.10. The Morgan fingerprint density at radius 1 is 1.00 bits per heavy atom. The summed E-state index contributed by atoms with van der Waals surface area (Å²) < 4.78 is 0.677. The molecule has 3 amide bonds. The Bertz CT molecular complexity index is 786. The molecule has 0 saturated carbocycles. The average molecular weight is 345 g/mol. The predicted octanol–water partition coefficient (Wildman–Crippen LogP) is 2.59. The van der Waals surface area contributed by atoms with Gasteiger partial charge in [0.05, 0.1) is 16.7 Å². The van der Waals surface area contributed by atoms with Gasteiger partial charge in [0.25, 0.3) is 17.7 Å². The number of nitrogens with one attached hydrogen (secondary N) is 2. The molecule has 0 bridgehead atoms. The lowest BCUT2D eigenvalue weighted by atomic mass is 10.1. The summed E-state index contributed by atoms with van der Waals surface area (Å²) in [6, 6.07) is 11.6. The number of amides is 3. The van der Waals surface area contributed by atoms with Crippen LogP contribution >= 0.6 is 15.9 Å². The van der Waals surface area contributed by atoms with E-state index in [1.165, 1.54) is 12.1 Å². The number of rotatable bonds is 2. The fourth-order valence-electron chi connectivity index (χ4n) is 2.09. The zero-order valence-corrected chi connectivity index (χ0v) is 12.2. The van der Waals surface area contributed by atoms with Gasteiger partial charge in [-0.15, -0.1) is 0 Å². The molecule has 2 N–H and O–H groups in total. The van der Waals surface area contributed by atoms with Crippen molar-refractivity contribution in [2.75, 3.05) is 5.32 Å². The molecule has 2 aromatic rings. The maximum absolute atomic E-state index is 12.2. The second-order valence-electron chi connectivity index (χ2n) is 4.48. The van der Waals surface area contributed by atoms with E-state index in [-0.39, 0.29) is 11.5 Å². The van der Waals surface area contributed by atoms with Crippen LogP contribution < -0.4 is 10.6 Å². The molecule has 1 aliphatic rings. The van der Waals surface area contributed by atoms with Crippen LogP contribution in [0.5, 0.6) is 0 Å². The zero-order valence-electron chi connectivity index (χ0n) is 10.6. The minimum atomic E-state index is -0.452. The van der Waals surface area contributed by atoms with Crippen LogP contribution in [0.1, 0.15) is 31.1 Å². The summed E-state index contributed by atoms with van der Waals surface area (Å²) in [6.45, 7) is 0. The maximum atomic E-state index is 12.2. The molecule has 21 heavy (non-hydrogen) atoms. The van der Waals surface area contributed by atoms with Crippen LogP contribution in [0.2, 0.25) is 0 Å². The van der Waals surface area contributed by atoms with Crippen molar-refractivity contribution in [3.05, 3.63) is 63.6 Å². The number of benzene rings is 2. The molecule has 0 spiro atoms. The van der Waals surface area contributed by atoms with Crippen LogP contribution in [0, 0.1) is 0 Å². The summed E-state index contributed by atoms with van der Waals surface area (Å²) in [7, 11) is 0. The van der Waals surface area contributed by atoms with Gasteiger partial charge in [-0.05, 0) is 46.3 Å². The van der Waals surface area contributed by atoms with Gasteiger partial charge in [0, 0.05) is 10.2 Å². The second-order valence-corrected chi connectivity index (χ2v) is 5.33. The third kappa shape index (κ3) is 2.45. The summed E-state index contributed by atoms with van der Waals surface area (Å²) in [5.41, 5.74) is 1.53. The van der Waals surface area contributed by atoms with Gasteiger partial charge in [-0.2, -0.15) is 0 Å². The van der Waals surface area contributed by atoms with Crippen LogP contribution in [0.3, 0.4) is 0 Å². The molecule has 0 aromatic heterocycles. The van der Waals surface area contributed by atoms with Gasteiger partial charge in [0.2, 0.25) is 0 Å². The smallest absolute Gasteiger partial charge is 0.259 e. The van der Waals surface area contributed by atoms with Gasteiger partial charge >= 0.3 is 0 Å². The first kappa shape index (κ1) is 13.5. The van der Waals surface area contributed by atoms with Crippen molar-refractivity contribution in [3.63, 3.8) is 0 Å². The number of fused-ring (bicyclic) bond motifs is 1. The van der Waals surface area contributed by atoms with Crippen LogP contribution in [-0.4, -0.2) is 17.7 Å². The topological polar surface area (TPSA) is 75.3 Å². The number of imide groups is 1. The van der Waals surface area contributed by atoms with Crippen molar-refractivity contribution >= 4 is 39.3 Å². The second kappa shape index (κ2) is 5.14.